The monoisotopic (exact) mass is 1450 g/mol. The zero-order chi connectivity index (χ0) is 52.5. The van der Waals surface area contributed by atoms with Gasteiger partial charge in [-0.2, -0.15) is 100.0 Å². The fraction of sp³-hybridized carbons (Fsp3) is 0.486. The van der Waals surface area contributed by atoms with E-state index in [0.717, 1.165) is 18.6 Å². The van der Waals surface area contributed by atoms with E-state index in [1.807, 2.05) is 0 Å². The second-order valence-electron chi connectivity index (χ2n) is 13.8. The molecule has 2 radical (unpaired) electrons. The number of nitrogens with zero attached hydrogens (tertiary/aromatic N) is 3. The third-order valence-corrected chi connectivity index (χ3v) is 11.2. The molecule has 0 fully saturated rings. The van der Waals surface area contributed by atoms with Gasteiger partial charge in [-0.3, -0.25) is 4.79 Å². The summed E-state index contributed by atoms with van der Waals surface area (Å²) in [6.45, 7) is 7.08. The molecule has 0 aliphatic heterocycles. The average Bonchev–Trinajstić information content (AvgIpc) is 3.90. The molecule has 69 heavy (non-hydrogen) atoms. The summed E-state index contributed by atoms with van der Waals surface area (Å²) in [5, 5.41) is 5.76. The van der Waals surface area contributed by atoms with Crippen molar-refractivity contribution >= 4 is 56.5 Å². The van der Waals surface area contributed by atoms with Gasteiger partial charge in [0.2, 0.25) is 0 Å². The number of hydrogen-bond donors (Lipinski definition) is 1. The number of carbonyl (C=O) groups excluding carboxylic acids is 1. The van der Waals surface area contributed by atoms with E-state index in [-0.39, 0.29) is 66.4 Å². The van der Waals surface area contributed by atoms with Crippen molar-refractivity contribution in [2.75, 3.05) is 0 Å². The van der Waals surface area contributed by atoms with Gasteiger partial charge in [-0.15, -0.1) is 22.5 Å². The molecule has 3 aliphatic rings. The summed E-state index contributed by atoms with van der Waals surface area (Å²) in [7, 11) is 0. The molecule has 394 valence electrons. The molecule has 0 atom stereocenters. The van der Waals surface area contributed by atoms with Gasteiger partial charge >= 0.3 is 65.0 Å². The van der Waals surface area contributed by atoms with Gasteiger partial charge < -0.3 is 15.1 Å². The molecule has 5 nitrogen and oxygen atoms in total. The maximum atomic E-state index is 13.5. The van der Waals surface area contributed by atoms with Gasteiger partial charge in [-0.05, 0) is 37.7 Å². The Hall–Kier alpha value is -3.06. The molecule has 3 aromatic rings. The summed E-state index contributed by atoms with van der Waals surface area (Å²) >= 11 is 1.22. The minimum atomic E-state index is -6.26. The Kier molecular flexibility index (Phi) is 18.6. The molecule has 0 saturated carbocycles. The van der Waals surface area contributed by atoms with Crippen LogP contribution in [0.25, 0.3) is 16.7 Å². The van der Waals surface area contributed by atoms with Crippen LogP contribution in [0.1, 0.15) is 43.5 Å². The third-order valence-electron chi connectivity index (χ3n) is 8.37. The summed E-state index contributed by atoms with van der Waals surface area (Å²) in [5.41, 5.74) is -5.93. The van der Waals surface area contributed by atoms with Crippen LogP contribution in [-0.4, -0.2) is 102 Å². The topological polar surface area (TPSA) is 80.3 Å². The number of hydrogen-bond acceptors (Lipinski definition) is 7. The molecule has 6 rings (SSSR count). The number of thiazole rings is 3. The Morgan fingerprint density at radius 1 is 0.493 bits per heavy atom. The number of halogens is 24. The van der Waals surface area contributed by atoms with E-state index in [9.17, 15) is 105 Å². The Balaban J connectivity index is 0.000000477. The molecule has 34 heteroatoms. The molecule has 0 spiro atoms. The van der Waals surface area contributed by atoms with Crippen molar-refractivity contribution in [3.63, 3.8) is 0 Å². The van der Waals surface area contributed by atoms with Crippen LogP contribution in [0, 0.1) is 32.9 Å². The van der Waals surface area contributed by atoms with Gasteiger partial charge in [0.15, 0.2) is 0 Å². The van der Waals surface area contributed by atoms with Crippen LogP contribution < -0.4 is 0 Å². The molecular weight excluding hydrogens is 1430 g/mol. The third kappa shape index (κ3) is 10.9. The largest absolute Gasteiger partial charge is 0.512 e. The second kappa shape index (κ2) is 20.1. The minimum absolute atomic E-state index is 0. The van der Waals surface area contributed by atoms with Crippen molar-refractivity contribution in [2.24, 2.45) is 0 Å². The van der Waals surface area contributed by atoms with E-state index in [1.54, 1.807) is 0 Å². The van der Waals surface area contributed by atoms with Crippen LogP contribution in [0.5, 0.6) is 0 Å². The van der Waals surface area contributed by atoms with Gasteiger partial charge in [0, 0.05) is 79.5 Å². The van der Waals surface area contributed by atoms with Gasteiger partial charge in [0.1, 0.15) is 5.01 Å². The number of alkyl halides is 24. The average molecular weight is 1450 g/mol. The summed E-state index contributed by atoms with van der Waals surface area (Å²) < 4.78 is 316. The molecule has 0 aromatic carbocycles. The zero-order valence-corrected chi connectivity index (χ0v) is 40.8. The number of aliphatic hydroxyl groups is 1. The first-order valence-corrected chi connectivity index (χ1v) is 19.4. The van der Waals surface area contributed by atoms with Gasteiger partial charge in [0.25, 0.3) is 11.8 Å². The van der Waals surface area contributed by atoms with Crippen LogP contribution in [0.3, 0.4) is 0 Å². The first-order chi connectivity index (χ1) is 29.7. The van der Waals surface area contributed by atoms with Gasteiger partial charge in [-0.25, -0.2) is 45.2 Å². The van der Waals surface area contributed by atoms with E-state index in [2.05, 4.69) is 15.0 Å². The Labute approximate surface area is 409 Å². The summed E-state index contributed by atoms with van der Waals surface area (Å²) in [4.78, 5) is 19.0. The number of rotatable bonds is 4. The Morgan fingerprint density at radius 2 is 0.783 bits per heavy atom. The Bertz CT molecular complexity index is 2230. The van der Waals surface area contributed by atoms with Crippen molar-refractivity contribution in [3.05, 3.63) is 78.3 Å². The molecular formula is C35H22F24Ir2N3O2S3-. The minimum Gasteiger partial charge on any atom is -0.512 e. The molecule has 0 bridgehead atoms. The van der Waals surface area contributed by atoms with E-state index < -0.39 is 109 Å². The summed E-state index contributed by atoms with van der Waals surface area (Å²) in [5.74, 6) is -70.2. The van der Waals surface area contributed by atoms with Crippen molar-refractivity contribution < 1.29 is 155 Å². The maximum absolute atomic E-state index is 13.5. The Morgan fingerprint density at radius 3 is 1.03 bits per heavy atom. The summed E-state index contributed by atoms with van der Waals surface area (Å²) in [6, 6.07) is 0. The maximum Gasteiger partial charge on any atom is 0.383 e. The number of aromatic nitrogens is 3. The van der Waals surface area contributed by atoms with Crippen molar-refractivity contribution in [2.45, 2.75) is 106 Å². The van der Waals surface area contributed by atoms with E-state index >= 15 is 0 Å². The number of aryl methyl sites for hydroxylation is 3. The van der Waals surface area contributed by atoms with Crippen LogP contribution >= 0.6 is 34.0 Å². The predicted molar refractivity (Wildman–Crippen MR) is 190 cm³/mol. The molecule has 3 aliphatic carbocycles. The van der Waals surface area contributed by atoms with Gasteiger partial charge in [-0.1, -0.05) is 0 Å². The van der Waals surface area contributed by atoms with E-state index in [0.29, 0.717) is 46.2 Å². The normalized spacial score (nSPS) is 23.9. The first-order valence-electron chi connectivity index (χ1n) is 16.9. The first kappa shape index (κ1) is 64.0. The fourth-order valence-corrected chi connectivity index (χ4v) is 7.37. The van der Waals surface area contributed by atoms with Crippen LogP contribution in [0.15, 0.2) is 36.5 Å². The summed E-state index contributed by atoms with van der Waals surface area (Å²) in [6.07, 6.45) is 4.38. The quantitative estimate of drug-likeness (QED) is 0.0928. The van der Waals surface area contributed by atoms with E-state index in [1.165, 1.54) is 40.7 Å². The van der Waals surface area contributed by atoms with Crippen LogP contribution in [0.2, 0.25) is 0 Å². The zero-order valence-electron chi connectivity index (χ0n) is 33.6. The van der Waals surface area contributed by atoms with Gasteiger partial charge in [0.05, 0.1) is 24.3 Å². The molecule has 3 heterocycles. The van der Waals surface area contributed by atoms with Crippen molar-refractivity contribution in [1.82, 2.24) is 15.0 Å². The fourth-order valence-electron chi connectivity index (χ4n) is 4.96. The number of ketones is 1. The predicted octanol–water partition coefficient (Wildman–Crippen LogP) is 13.8. The number of allylic oxidation sites excluding steroid dienone is 8. The second-order valence-corrected chi connectivity index (χ2v) is 17.5. The SMILES string of the molecule is CC(=[OH+])C=C(C)O.Cc1cnc(C2=CC(F)(F)C(F)(F)C(F)(F)C2(F)F)s1.Cc1cnc(C2=[C-]C(F)(F)C(F)(F)C(F)(F)C2(F)F)s1.Cc1cnc(C2=[C-]C(F)(F)C(F)(F)C(F)(F)C2(F)F)s1.[Ir].[Ir]. The smallest absolute Gasteiger partial charge is 0.383 e. The molecule has 3 aromatic heterocycles. The van der Waals surface area contributed by atoms with Crippen molar-refractivity contribution in [1.29, 1.82) is 0 Å². The molecule has 0 unspecified atom stereocenters. The molecule has 0 saturated heterocycles. The molecule has 2 N–H and O–H groups in total. The van der Waals surface area contributed by atoms with E-state index in [4.69, 9.17) is 9.90 Å². The standard InChI is InChI=1S/C10H5F8NS.2C10H4F8NS.C5H8O2.2Ir/c3*1-4-3-19-6(20-4)5-2-7(11,12)9(15,16)10(17,18)8(5,13)14;1-4(6)3-5(2)7;;/h2-3H,1H3;2*3H,1H3;3,6H,1-2H3;;/q;2*-1;;;/p+1. The number of aliphatic hydroxyl groups excluding tert-OH is 1. The molecule has 0 amide bonds. The van der Waals surface area contributed by atoms with Crippen LogP contribution in [-0.2, 0) is 40.2 Å². The van der Waals surface area contributed by atoms with Crippen molar-refractivity contribution in [3.8, 4) is 0 Å². The van der Waals surface area contributed by atoms with Crippen LogP contribution in [0.4, 0.5) is 105 Å².